The van der Waals surface area contributed by atoms with Crippen molar-refractivity contribution < 1.29 is 0 Å². The minimum atomic E-state index is 0.442. The lowest BCUT2D eigenvalue weighted by Crippen LogP contribution is -2.24. The van der Waals surface area contributed by atoms with Crippen LogP contribution in [0.15, 0.2) is 11.6 Å². The Morgan fingerprint density at radius 2 is 2.31 bits per heavy atom. The van der Waals surface area contributed by atoms with Gasteiger partial charge in [0.25, 0.3) is 0 Å². The van der Waals surface area contributed by atoms with Gasteiger partial charge in [-0.3, -0.25) is 0 Å². The van der Waals surface area contributed by atoms with Crippen LogP contribution >= 0.6 is 0 Å². The summed E-state index contributed by atoms with van der Waals surface area (Å²) in [7, 11) is 0. The molecule has 0 saturated carbocycles. The smallest absolute Gasteiger partial charge is 0.0943 e. The molecule has 0 heterocycles. The highest BCUT2D eigenvalue weighted by Crippen LogP contribution is 2.39. The van der Waals surface area contributed by atoms with Crippen molar-refractivity contribution in [3.05, 3.63) is 11.6 Å². The molecule has 1 heteroatoms. The Morgan fingerprint density at radius 1 is 1.62 bits per heavy atom. The van der Waals surface area contributed by atoms with E-state index < -0.39 is 0 Å². The molecule has 0 fully saturated rings. The van der Waals surface area contributed by atoms with Crippen LogP contribution in [0.5, 0.6) is 0 Å². The van der Waals surface area contributed by atoms with Crippen LogP contribution in [-0.2, 0) is 0 Å². The molecule has 0 radical (unpaired) electrons. The average molecular weight is 177 g/mol. The fourth-order valence-corrected chi connectivity index (χ4v) is 1.93. The lowest BCUT2D eigenvalue weighted by atomic mass is 9.70. The van der Waals surface area contributed by atoms with Crippen LogP contribution < -0.4 is 0 Å². The number of allylic oxidation sites excluding steroid dienone is 2. The fraction of sp³-hybridized carbons (Fsp3) is 0.750. The van der Waals surface area contributed by atoms with Gasteiger partial charge in [0.05, 0.1) is 6.07 Å². The topological polar surface area (TPSA) is 23.8 Å². The van der Waals surface area contributed by atoms with Gasteiger partial charge in [-0.25, -0.2) is 0 Å². The molecule has 1 atom stereocenters. The quantitative estimate of drug-likeness (QED) is 0.631. The molecular formula is C12H19N. The Balaban J connectivity index is 2.61. The average Bonchev–Trinajstić information content (AvgIpc) is 2.18. The van der Waals surface area contributed by atoms with Gasteiger partial charge < -0.3 is 0 Å². The second-order valence-corrected chi connectivity index (χ2v) is 4.65. The van der Waals surface area contributed by atoms with E-state index in [1.807, 2.05) is 0 Å². The highest BCUT2D eigenvalue weighted by molar-refractivity contribution is 5.22. The van der Waals surface area contributed by atoms with Crippen LogP contribution in [0.3, 0.4) is 0 Å². The van der Waals surface area contributed by atoms with Crippen molar-refractivity contribution in [1.82, 2.24) is 0 Å². The van der Waals surface area contributed by atoms with Gasteiger partial charge in [-0.1, -0.05) is 33.3 Å². The van der Waals surface area contributed by atoms with E-state index in [0.29, 0.717) is 5.41 Å². The summed E-state index contributed by atoms with van der Waals surface area (Å²) in [5, 5.41) is 8.72. The molecule has 1 unspecified atom stereocenters. The zero-order valence-electron chi connectivity index (χ0n) is 8.93. The van der Waals surface area contributed by atoms with Gasteiger partial charge >= 0.3 is 0 Å². The van der Waals surface area contributed by atoms with E-state index in [1.165, 1.54) is 12.8 Å². The SMILES string of the molecule is CCC(C)(C)C1CC=C(C#N)CC1. The largest absolute Gasteiger partial charge is 0.193 e. The van der Waals surface area contributed by atoms with E-state index in [9.17, 15) is 0 Å². The van der Waals surface area contributed by atoms with E-state index in [-0.39, 0.29) is 0 Å². The molecule has 0 aromatic heterocycles. The van der Waals surface area contributed by atoms with E-state index in [0.717, 1.165) is 24.3 Å². The number of nitriles is 1. The van der Waals surface area contributed by atoms with Gasteiger partial charge in [0.15, 0.2) is 0 Å². The van der Waals surface area contributed by atoms with Crippen LogP contribution in [-0.4, -0.2) is 0 Å². The summed E-state index contributed by atoms with van der Waals surface area (Å²) in [5.41, 5.74) is 1.43. The van der Waals surface area contributed by atoms with Crippen molar-refractivity contribution in [2.24, 2.45) is 11.3 Å². The summed E-state index contributed by atoms with van der Waals surface area (Å²) in [6.07, 6.45) is 6.65. The van der Waals surface area contributed by atoms with E-state index in [2.05, 4.69) is 32.9 Å². The minimum absolute atomic E-state index is 0.442. The number of hydrogen-bond donors (Lipinski definition) is 0. The van der Waals surface area contributed by atoms with Gasteiger partial charge in [-0.15, -0.1) is 0 Å². The second kappa shape index (κ2) is 3.96. The second-order valence-electron chi connectivity index (χ2n) is 4.65. The van der Waals surface area contributed by atoms with Gasteiger partial charge in [0.2, 0.25) is 0 Å². The monoisotopic (exact) mass is 177 g/mol. The lowest BCUT2D eigenvalue weighted by molar-refractivity contribution is 0.188. The summed E-state index contributed by atoms with van der Waals surface area (Å²) in [4.78, 5) is 0. The van der Waals surface area contributed by atoms with E-state index in [1.54, 1.807) is 0 Å². The number of rotatable bonds is 2. The molecular weight excluding hydrogens is 158 g/mol. The highest BCUT2D eigenvalue weighted by atomic mass is 14.3. The first-order valence-corrected chi connectivity index (χ1v) is 5.19. The lowest BCUT2D eigenvalue weighted by Gasteiger charge is -2.35. The highest BCUT2D eigenvalue weighted by Gasteiger charge is 2.28. The Bertz CT molecular complexity index is 242. The third kappa shape index (κ3) is 2.34. The Morgan fingerprint density at radius 3 is 2.69 bits per heavy atom. The normalized spacial score (nSPS) is 23.5. The third-order valence-corrected chi connectivity index (χ3v) is 3.57. The third-order valence-electron chi connectivity index (χ3n) is 3.57. The summed E-state index contributed by atoms with van der Waals surface area (Å²) in [6.45, 7) is 6.93. The first kappa shape index (κ1) is 10.3. The molecule has 1 rings (SSSR count). The molecule has 72 valence electrons. The van der Waals surface area contributed by atoms with Gasteiger partial charge in [0.1, 0.15) is 0 Å². The van der Waals surface area contributed by atoms with Crippen molar-refractivity contribution >= 4 is 0 Å². The molecule has 0 bridgehead atoms. The first-order valence-electron chi connectivity index (χ1n) is 5.19. The Hall–Kier alpha value is -0.770. The summed E-state index contributed by atoms with van der Waals surface area (Å²) < 4.78 is 0. The molecule has 0 saturated heterocycles. The summed E-state index contributed by atoms with van der Waals surface area (Å²) in [5.74, 6) is 0.773. The molecule has 0 spiro atoms. The Labute approximate surface area is 81.5 Å². The standard InChI is InChI=1S/C12H19N/c1-4-12(2,3)11-7-5-10(9-13)6-8-11/h5,11H,4,6-8H2,1-3H3. The van der Waals surface area contributed by atoms with Crippen molar-refractivity contribution in [1.29, 1.82) is 5.26 Å². The summed E-state index contributed by atoms with van der Waals surface area (Å²) in [6, 6.07) is 2.26. The first-order chi connectivity index (χ1) is 6.10. The molecule has 0 amide bonds. The fourth-order valence-electron chi connectivity index (χ4n) is 1.93. The molecule has 0 aromatic carbocycles. The Kier molecular flexibility index (Phi) is 3.14. The predicted octanol–water partition coefficient (Wildman–Crippen LogP) is 3.67. The van der Waals surface area contributed by atoms with Crippen molar-refractivity contribution in [2.75, 3.05) is 0 Å². The predicted molar refractivity (Wildman–Crippen MR) is 55.1 cm³/mol. The summed E-state index contributed by atoms with van der Waals surface area (Å²) >= 11 is 0. The molecule has 1 aliphatic carbocycles. The maximum atomic E-state index is 8.72. The van der Waals surface area contributed by atoms with Crippen molar-refractivity contribution in [2.45, 2.75) is 46.5 Å². The molecule has 1 aliphatic rings. The van der Waals surface area contributed by atoms with Gasteiger partial charge in [-0.05, 0) is 30.6 Å². The minimum Gasteiger partial charge on any atom is -0.193 e. The molecule has 1 nitrogen and oxygen atoms in total. The van der Waals surface area contributed by atoms with Gasteiger partial charge in [-0.2, -0.15) is 5.26 Å². The van der Waals surface area contributed by atoms with Crippen LogP contribution in [0.1, 0.15) is 46.5 Å². The van der Waals surface area contributed by atoms with E-state index in [4.69, 9.17) is 5.26 Å². The van der Waals surface area contributed by atoms with Crippen LogP contribution in [0, 0.1) is 22.7 Å². The maximum Gasteiger partial charge on any atom is 0.0943 e. The zero-order chi connectivity index (χ0) is 9.90. The van der Waals surface area contributed by atoms with Crippen molar-refractivity contribution in [3.8, 4) is 6.07 Å². The molecule has 0 N–H and O–H groups in total. The van der Waals surface area contributed by atoms with Crippen molar-refractivity contribution in [3.63, 3.8) is 0 Å². The molecule has 13 heavy (non-hydrogen) atoms. The van der Waals surface area contributed by atoms with Crippen LogP contribution in [0.25, 0.3) is 0 Å². The molecule has 0 aliphatic heterocycles. The van der Waals surface area contributed by atoms with Crippen LogP contribution in [0.2, 0.25) is 0 Å². The zero-order valence-corrected chi connectivity index (χ0v) is 8.93. The number of nitrogens with zero attached hydrogens (tertiary/aromatic N) is 1. The van der Waals surface area contributed by atoms with E-state index >= 15 is 0 Å². The maximum absolute atomic E-state index is 8.72. The molecule has 0 aromatic rings. The number of hydrogen-bond acceptors (Lipinski definition) is 1. The van der Waals surface area contributed by atoms with Crippen LogP contribution in [0.4, 0.5) is 0 Å². The van der Waals surface area contributed by atoms with Gasteiger partial charge in [0, 0.05) is 5.57 Å².